The third-order valence-corrected chi connectivity index (χ3v) is 6.04. The topological polar surface area (TPSA) is 86.7 Å². The molecule has 1 saturated heterocycles. The van der Waals surface area contributed by atoms with Crippen LogP contribution in [0.3, 0.4) is 0 Å². The maximum atomic E-state index is 12.2. The molecule has 1 aliphatic heterocycles. The number of hydrogen-bond donors (Lipinski definition) is 2. The molecule has 21 heavy (non-hydrogen) atoms. The first-order chi connectivity index (χ1) is 9.75. The summed E-state index contributed by atoms with van der Waals surface area (Å²) in [4.78, 5) is 14.2. The van der Waals surface area contributed by atoms with Gasteiger partial charge in [0.15, 0.2) is 9.84 Å². The van der Waals surface area contributed by atoms with E-state index in [1.54, 1.807) is 6.92 Å². The Morgan fingerprint density at radius 2 is 2.00 bits per heavy atom. The highest BCUT2D eigenvalue weighted by molar-refractivity contribution is 7.91. The van der Waals surface area contributed by atoms with E-state index in [9.17, 15) is 13.2 Å². The second-order valence-electron chi connectivity index (χ2n) is 6.12. The Bertz CT molecular complexity index is 448. The molecule has 0 aromatic carbocycles. The molecule has 1 rings (SSSR count). The third-order valence-electron chi connectivity index (χ3n) is 4.14. The standard InChI is InChI=1S/C14H28N2O4S/c1-4-12(5-2)16(7-8-17)10-13(18)15-14(3)6-9-21(19,20)11-14/h12,17H,4-11H2,1-3H3,(H,15,18). The Morgan fingerprint density at radius 1 is 1.38 bits per heavy atom. The van der Waals surface area contributed by atoms with Crippen LogP contribution >= 0.6 is 0 Å². The lowest BCUT2D eigenvalue weighted by Gasteiger charge is -2.31. The van der Waals surface area contributed by atoms with Crippen LogP contribution in [0.2, 0.25) is 0 Å². The number of aliphatic hydroxyl groups is 1. The summed E-state index contributed by atoms with van der Waals surface area (Å²) in [6.07, 6.45) is 2.29. The number of sulfone groups is 1. The summed E-state index contributed by atoms with van der Waals surface area (Å²) in [5.41, 5.74) is -0.658. The van der Waals surface area contributed by atoms with Gasteiger partial charge in [-0.25, -0.2) is 8.42 Å². The second-order valence-corrected chi connectivity index (χ2v) is 8.30. The first kappa shape index (κ1) is 18.4. The molecule has 124 valence electrons. The van der Waals surface area contributed by atoms with Crippen molar-refractivity contribution >= 4 is 15.7 Å². The second kappa shape index (κ2) is 7.56. The quantitative estimate of drug-likeness (QED) is 0.665. The van der Waals surface area contributed by atoms with E-state index in [2.05, 4.69) is 19.2 Å². The fourth-order valence-corrected chi connectivity index (χ4v) is 5.09. The average Bonchev–Trinajstić information content (AvgIpc) is 2.64. The summed E-state index contributed by atoms with van der Waals surface area (Å²) < 4.78 is 23.1. The van der Waals surface area contributed by atoms with Crippen LogP contribution < -0.4 is 5.32 Å². The molecule has 1 fully saturated rings. The van der Waals surface area contributed by atoms with E-state index in [0.29, 0.717) is 13.0 Å². The molecule has 0 radical (unpaired) electrons. The largest absolute Gasteiger partial charge is 0.395 e. The smallest absolute Gasteiger partial charge is 0.234 e. The van der Waals surface area contributed by atoms with Gasteiger partial charge in [-0.1, -0.05) is 13.8 Å². The van der Waals surface area contributed by atoms with Gasteiger partial charge in [0.05, 0.1) is 30.2 Å². The minimum absolute atomic E-state index is 0.00935. The summed E-state index contributed by atoms with van der Waals surface area (Å²) in [5.74, 6) is -0.0251. The van der Waals surface area contributed by atoms with Crippen LogP contribution in [0.1, 0.15) is 40.0 Å². The van der Waals surface area contributed by atoms with Gasteiger partial charge < -0.3 is 10.4 Å². The Kier molecular flexibility index (Phi) is 6.62. The maximum absolute atomic E-state index is 12.2. The van der Waals surface area contributed by atoms with Gasteiger partial charge in [0.2, 0.25) is 5.91 Å². The van der Waals surface area contributed by atoms with Gasteiger partial charge >= 0.3 is 0 Å². The zero-order valence-corrected chi connectivity index (χ0v) is 14.1. The number of aliphatic hydroxyl groups excluding tert-OH is 1. The van der Waals surface area contributed by atoms with E-state index in [0.717, 1.165) is 12.8 Å². The van der Waals surface area contributed by atoms with Gasteiger partial charge in [-0.3, -0.25) is 9.69 Å². The average molecular weight is 320 g/mol. The molecule has 0 aliphatic carbocycles. The summed E-state index contributed by atoms with van der Waals surface area (Å²) in [6, 6.07) is 0.253. The lowest BCUT2D eigenvalue weighted by molar-refractivity contribution is -0.124. The van der Waals surface area contributed by atoms with E-state index in [4.69, 9.17) is 5.11 Å². The van der Waals surface area contributed by atoms with E-state index >= 15 is 0 Å². The van der Waals surface area contributed by atoms with Crippen molar-refractivity contribution in [2.24, 2.45) is 0 Å². The van der Waals surface area contributed by atoms with Crippen LogP contribution in [0.5, 0.6) is 0 Å². The van der Waals surface area contributed by atoms with Crippen molar-refractivity contribution < 1.29 is 18.3 Å². The van der Waals surface area contributed by atoms with Crippen molar-refractivity contribution in [3.63, 3.8) is 0 Å². The Morgan fingerprint density at radius 3 is 2.43 bits per heavy atom. The molecule has 6 nitrogen and oxygen atoms in total. The van der Waals surface area contributed by atoms with Crippen LogP contribution in [-0.4, -0.2) is 67.1 Å². The number of nitrogens with one attached hydrogen (secondary N) is 1. The Balaban J connectivity index is 2.62. The fraction of sp³-hybridized carbons (Fsp3) is 0.929. The number of hydrogen-bond acceptors (Lipinski definition) is 5. The first-order valence-electron chi connectivity index (χ1n) is 7.61. The molecule has 0 spiro atoms. The van der Waals surface area contributed by atoms with Gasteiger partial charge in [-0.05, 0) is 26.2 Å². The molecule has 0 aromatic rings. The Labute approximate surface area is 127 Å². The minimum Gasteiger partial charge on any atom is -0.395 e. The predicted molar refractivity (Wildman–Crippen MR) is 82.8 cm³/mol. The summed E-state index contributed by atoms with van der Waals surface area (Å²) in [7, 11) is -3.03. The number of amides is 1. The van der Waals surface area contributed by atoms with Crippen LogP contribution in [0.4, 0.5) is 0 Å². The maximum Gasteiger partial charge on any atom is 0.234 e. The van der Waals surface area contributed by atoms with Gasteiger partial charge in [0, 0.05) is 12.6 Å². The molecular formula is C14H28N2O4S. The molecule has 7 heteroatoms. The highest BCUT2D eigenvalue weighted by atomic mass is 32.2. The number of rotatable bonds is 8. The highest BCUT2D eigenvalue weighted by Crippen LogP contribution is 2.22. The minimum atomic E-state index is -3.03. The number of carbonyl (C=O) groups is 1. The summed E-state index contributed by atoms with van der Waals surface area (Å²) in [5, 5.41) is 12.0. The van der Waals surface area contributed by atoms with Gasteiger partial charge in [0.25, 0.3) is 0 Å². The van der Waals surface area contributed by atoms with Crippen molar-refractivity contribution in [3.8, 4) is 0 Å². The lowest BCUT2D eigenvalue weighted by Crippen LogP contribution is -2.52. The van der Waals surface area contributed by atoms with Crippen LogP contribution in [0.25, 0.3) is 0 Å². The SMILES string of the molecule is CCC(CC)N(CCO)CC(=O)NC1(C)CCS(=O)(=O)C1. The predicted octanol–water partition coefficient (Wildman–Crippen LogP) is 0.163. The van der Waals surface area contributed by atoms with E-state index in [1.165, 1.54) is 0 Å². The van der Waals surface area contributed by atoms with E-state index in [-0.39, 0.29) is 36.6 Å². The van der Waals surface area contributed by atoms with Crippen LogP contribution in [0, 0.1) is 0 Å². The molecule has 1 amide bonds. The molecule has 0 aromatic heterocycles. The molecular weight excluding hydrogens is 292 g/mol. The summed E-state index contributed by atoms with van der Waals surface area (Å²) in [6.45, 7) is 6.55. The zero-order chi connectivity index (χ0) is 16.1. The fourth-order valence-electron chi connectivity index (χ4n) is 2.99. The van der Waals surface area contributed by atoms with Crippen molar-refractivity contribution in [2.45, 2.75) is 51.6 Å². The van der Waals surface area contributed by atoms with Gasteiger partial charge in [-0.15, -0.1) is 0 Å². The van der Waals surface area contributed by atoms with E-state index < -0.39 is 15.4 Å². The van der Waals surface area contributed by atoms with Crippen LogP contribution in [-0.2, 0) is 14.6 Å². The third kappa shape index (κ3) is 5.56. The normalized spacial score (nSPS) is 24.7. The van der Waals surface area contributed by atoms with Crippen molar-refractivity contribution in [3.05, 3.63) is 0 Å². The van der Waals surface area contributed by atoms with Crippen LogP contribution in [0.15, 0.2) is 0 Å². The highest BCUT2D eigenvalue weighted by Gasteiger charge is 2.39. The Hall–Kier alpha value is -0.660. The summed E-state index contributed by atoms with van der Waals surface area (Å²) >= 11 is 0. The van der Waals surface area contributed by atoms with Crippen molar-refractivity contribution in [1.82, 2.24) is 10.2 Å². The zero-order valence-electron chi connectivity index (χ0n) is 13.3. The first-order valence-corrected chi connectivity index (χ1v) is 9.43. The van der Waals surface area contributed by atoms with Crippen molar-refractivity contribution in [2.75, 3.05) is 31.2 Å². The number of nitrogens with zero attached hydrogens (tertiary/aromatic N) is 1. The molecule has 1 heterocycles. The molecule has 1 aliphatic rings. The molecule has 0 bridgehead atoms. The van der Waals surface area contributed by atoms with Gasteiger partial charge in [0.1, 0.15) is 0 Å². The van der Waals surface area contributed by atoms with Gasteiger partial charge in [-0.2, -0.15) is 0 Å². The van der Waals surface area contributed by atoms with E-state index in [1.807, 2.05) is 4.90 Å². The molecule has 1 unspecified atom stereocenters. The van der Waals surface area contributed by atoms with Crippen molar-refractivity contribution in [1.29, 1.82) is 0 Å². The molecule has 0 saturated carbocycles. The number of carbonyl (C=O) groups excluding carboxylic acids is 1. The monoisotopic (exact) mass is 320 g/mol. The molecule has 1 atom stereocenters. The lowest BCUT2D eigenvalue weighted by atomic mass is 10.0. The molecule has 2 N–H and O–H groups in total.